The Morgan fingerprint density at radius 2 is 1.75 bits per heavy atom. The second-order valence-corrected chi connectivity index (χ2v) is 5.66. The third kappa shape index (κ3) is 2.94. The van der Waals surface area contributed by atoms with E-state index in [0.717, 1.165) is 0 Å². The molecule has 0 atom stereocenters. The molecule has 0 spiro atoms. The van der Waals surface area contributed by atoms with Crippen molar-refractivity contribution in [1.82, 2.24) is 4.90 Å². The zero-order chi connectivity index (χ0) is 17.3. The summed E-state index contributed by atoms with van der Waals surface area (Å²) in [7, 11) is 0. The lowest BCUT2D eigenvalue weighted by Crippen LogP contribution is -2.47. The van der Waals surface area contributed by atoms with Gasteiger partial charge in [0.05, 0.1) is 12.5 Å². The van der Waals surface area contributed by atoms with Crippen molar-refractivity contribution in [2.45, 2.75) is 0 Å². The minimum atomic E-state index is -1.50. The van der Waals surface area contributed by atoms with Crippen LogP contribution in [0, 0.1) is 0 Å². The zero-order valence-electron chi connectivity index (χ0n) is 12.4. The highest BCUT2D eigenvalue weighted by Crippen LogP contribution is 2.30. The smallest absolute Gasteiger partial charge is 0.261 e. The molecule has 0 saturated heterocycles. The zero-order valence-corrected chi connectivity index (χ0v) is 13.1. The molecule has 2 aromatic rings. The number of carboxylic acid groups (broad SMARTS) is 1. The van der Waals surface area contributed by atoms with Gasteiger partial charge in [0, 0.05) is 16.2 Å². The fourth-order valence-corrected chi connectivity index (χ4v) is 2.78. The van der Waals surface area contributed by atoms with Crippen molar-refractivity contribution in [2.75, 3.05) is 6.54 Å². The number of carbonyl (C=O) groups excluding carboxylic acids is 3. The third-order valence-corrected chi connectivity index (χ3v) is 3.85. The first-order chi connectivity index (χ1) is 11.5. The van der Waals surface area contributed by atoms with Crippen LogP contribution in [-0.2, 0) is 9.59 Å². The molecule has 5 nitrogen and oxygen atoms in total. The molecule has 0 bridgehead atoms. The van der Waals surface area contributed by atoms with E-state index in [9.17, 15) is 19.5 Å². The van der Waals surface area contributed by atoms with Crippen LogP contribution in [0.3, 0.4) is 0 Å². The standard InChI is InChI=1S/C18H12ClNO4/c19-12-5-3-4-11(8-12)9-15-13-6-1-2-7-14(13)17(23)20(18(15)24)10-16(21)22/h1-9H,10H2,(H,21,22)/p-1/b15-9-. The minimum absolute atomic E-state index is 0.230. The van der Waals surface area contributed by atoms with Gasteiger partial charge in [-0.3, -0.25) is 14.5 Å². The van der Waals surface area contributed by atoms with Crippen molar-refractivity contribution in [2.24, 2.45) is 0 Å². The Labute approximate surface area is 142 Å². The first-order valence-corrected chi connectivity index (χ1v) is 7.48. The van der Waals surface area contributed by atoms with Gasteiger partial charge in [-0.25, -0.2) is 0 Å². The van der Waals surface area contributed by atoms with Gasteiger partial charge in [-0.1, -0.05) is 41.9 Å². The van der Waals surface area contributed by atoms with Crippen LogP contribution >= 0.6 is 11.6 Å². The lowest BCUT2D eigenvalue weighted by Gasteiger charge is -2.28. The molecule has 2 aromatic carbocycles. The number of hydrogen-bond donors (Lipinski definition) is 0. The van der Waals surface area contributed by atoms with Crippen LogP contribution in [-0.4, -0.2) is 29.2 Å². The quantitative estimate of drug-likeness (QED) is 0.628. The molecule has 6 heteroatoms. The largest absolute Gasteiger partial charge is 0.548 e. The normalized spacial score (nSPS) is 15.5. The summed E-state index contributed by atoms with van der Waals surface area (Å²) in [6.45, 7) is -0.793. The van der Waals surface area contributed by atoms with Crippen LogP contribution in [0.4, 0.5) is 0 Å². The molecule has 0 saturated carbocycles. The molecule has 1 heterocycles. The van der Waals surface area contributed by atoms with Gasteiger partial charge in [-0.2, -0.15) is 0 Å². The van der Waals surface area contributed by atoms with E-state index in [2.05, 4.69) is 0 Å². The molecule has 0 radical (unpaired) electrons. The summed E-state index contributed by atoms with van der Waals surface area (Å²) >= 11 is 5.96. The van der Waals surface area contributed by atoms with Gasteiger partial charge in [0.2, 0.25) is 0 Å². The van der Waals surface area contributed by atoms with Gasteiger partial charge < -0.3 is 9.90 Å². The average Bonchev–Trinajstić information content (AvgIpc) is 2.55. The van der Waals surface area contributed by atoms with Gasteiger partial charge in [0.15, 0.2) is 0 Å². The number of benzene rings is 2. The molecule has 3 rings (SSSR count). The van der Waals surface area contributed by atoms with Crippen molar-refractivity contribution in [3.05, 3.63) is 70.2 Å². The predicted molar refractivity (Wildman–Crippen MR) is 86.8 cm³/mol. The maximum Gasteiger partial charge on any atom is 0.261 e. The topological polar surface area (TPSA) is 77.5 Å². The molecule has 24 heavy (non-hydrogen) atoms. The van der Waals surface area contributed by atoms with Crippen LogP contribution in [0.5, 0.6) is 0 Å². The molecular weight excluding hydrogens is 330 g/mol. The average molecular weight is 341 g/mol. The van der Waals surface area contributed by atoms with Crippen molar-refractivity contribution in [3.8, 4) is 0 Å². The van der Waals surface area contributed by atoms with E-state index >= 15 is 0 Å². The lowest BCUT2D eigenvalue weighted by molar-refractivity contribution is -0.305. The number of fused-ring (bicyclic) bond motifs is 1. The maximum absolute atomic E-state index is 12.6. The molecule has 0 aliphatic carbocycles. The molecule has 120 valence electrons. The lowest BCUT2D eigenvalue weighted by atomic mass is 9.92. The number of imide groups is 1. The summed E-state index contributed by atoms with van der Waals surface area (Å²) in [6, 6.07) is 13.4. The predicted octanol–water partition coefficient (Wildman–Crippen LogP) is 1.61. The molecular formula is C18H11ClNO4-. The fourth-order valence-electron chi connectivity index (χ4n) is 2.58. The number of amides is 2. The number of carboxylic acids is 1. The SMILES string of the molecule is O=C([O-])CN1C(=O)/C(=C\c2cccc(Cl)c2)c2ccccc2C1=O. The fraction of sp³-hybridized carbons (Fsp3) is 0.0556. The highest BCUT2D eigenvalue weighted by molar-refractivity contribution is 6.34. The molecule has 1 aliphatic heterocycles. The number of rotatable bonds is 3. The molecule has 0 aromatic heterocycles. The number of halogens is 1. The van der Waals surface area contributed by atoms with E-state index in [-0.39, 0.29) is 11.1 Å². The Kier molecular flexibility index (Phi) is 4.18. The Hall–Kier alpha value is -2.92. The van der Waals surface area contributed by atoms with E-state index in [1.807, 2.05) is 0 Å². The highest BCUT2D eigenvalue weighted by Gasteiger charge is 2.34. The first kappa shape index (κ1) is 16.0. The summed E-state index contributed by atoms with van der Waals surface area (Å²) in [5.74, 6) is -2.83. The summed E-state index contributed by atoms with van der Waals surface area (Å²) in [6.07, 6.45) is 1.59. The van der Waals surface area contributed by atoms with Gasteiger partial charge in [-0.15, -0.1) is 0 Å². The van der Waals surface area contributed by atoms with Gasteiger partial charge in [0.25, 0.3) is 11.8 Å². The third-order valence-electron chi connectivity index (χ3n) is 3.62. The molecule has 0 fully saturated rings. The van der Waals surface area contributed by atoms with Crippen molar-refractivity contribution < 1.29 is 19.5 Å². The van der Waals surface area contributed by atoms with Crippen molar-refractivity contribution in [3.63, 3.8) is 0 Å². The summed E-state index contributed by atoms with van der Waals surface area (Å²) in [5, 5.41) is 11.4. The van der Waals surface area contributed by atoms with E-state index in [1.165, 1.54) is 0 Å². The second-order valence-electron chi connectivity index (χ2n) is 5.23. The molecule has 2 amide bonds. The number of nitrogens with zero attached hydrogens (tertiary/aromatic N) is 1. The minimum Gasteiger partial charge on any atom is -0.548 e. The Morgan fingerprint density at radius 3 is 2.42 bits per heavy atom. The number of carbonyl (C=O) groups is 3. The first-order valence-electron chi connectivity index (χ1n) is 7.10. The van der Waals surface area contributed by atoms with Gasteiger partial charge in [0.1, 0.15) is 0 Å². The molecule has 0 unspecified atom stereocenters. The van der Waals surface area contributed by atoms with Gasteiger partial charge in [-0.05, 0) is 35.4 Å². The Balaban J connectivity index is 2.16. The van der Waals surface area contributed by atoms with E-state index in [4.69, 9.17) is 11.6 Å². The number of hydrogen-bond acceptors (Lipinski definition) is 4. The van der Waals surface area contributed by atoms with E-state index < -0.39 is 24.3 Å². The van der Waals surface area contributed by atoms with Crippen LogP contribution in [0.1, 0.15) is 21.5 Å². The van der Waals surface area contributed by atoms with Gasteiger partial charge >= 0.3 is 0 Å². The maximum atomic E-state index is 12.6. The summed E-state index contributed by atoms with van der Waals surface area (Å²) in [4.78, 5) is 36.6. The van der Waals surface area contributed by atoms with E-state index in [1.54, 1.807) is 54.6 Å². The van der Waals surface area contributed by atoms with Crippen LogP contribution in [0.2, 0.25) is 5.02 Å². The van der Waals surface area contributed by atoms with Crippen LogP contribution < -0.4 is 5.11 Å². The summed E-state index contributed by atoms with van der Waals surface area (Å²) in [5.41, 5.74) is 1.63. The molecule has 0 N–H and O–H groups in total. The van der Waals surface area contributed by atoms with Crippen LogP contribution in [0.25, 0.3) is 11.6 Å². The highest BCUT2D eigenvalue weighted by atomic mass is 35.5. The van der Waals surface area contributed by atoms with E-state index in [0.29, 0.717) is 21.0 Å². The second kappa shape index (κ2) is 6.29. The van der Waals surface area contributed by atoms with Crippen molar-refractivity contribution >= 4 is 41.0 Å². The van der Waals surface area contributed by atoms with Crippen molar-refractivity contribution in [1.29, 1.82) is 0 Å². The molecule has 1 aliphatic rings. The summed E-state index contributed by atoms with van der Waals surface area (Å²) < 4.78 is 0. The Morgan fingerprint density at radius 1 is 1.04 bits per heavy atom. The monoisotopic (exact) mass is 340 g/mol. The number of aliphatic carboxylic acids is 1. The Bertz CT molecular complexity index is 888. The van der Waals surface area contributed by atoms with Crippen LogP contribution in [0.15, 0.2) is 48.5 Å².